The molecule has 2 aromatic carbocycles. The molecule has 1 saturated heterocycles. The molecule has 1 amide bonds. The predicted molar refractivity (Wildman–Crippen MR) is 129 cm³/mol. The van der Waals surface area contributed by atoms with Crippen LogP contribution in [0.5, 0.6) is 0 Å². The Bertz CT molecular complexity index is 1210. The second kappa shape index (κ2) is 9.08. The number of fused-ring (bicyclic) bond motifs is 1. The first-order valence-electron chi connectivity index (χ1n) is 10.9. The fourth-order valence-electron chi connectivity index (χ4n) is 4.21. The molecule has 8 heteroatoms. The lowest BCUT2D eigenvalue weighted by Crippen LogP contribution is -2.49. The lowest BCUT2D eigenvalue weighted by atomic mass is 10.1. The summed E-state index contributed by atoms with van der Waals surface area (Å²) in [4.78, 5) is 20.4. The number of amides is 1. The van der Waals surface area contributed by atoms with Crippen LogP contribution < -0.4 is 4.90 Å². The summed E-state index contributed by atoms with van der Waals surface area (Å²) < 4.78 is 2.08. The van der Waals surface area contributed by atoms with Gasteiger partial charge >= 0.3 is 0 Å². The van der Waals surface area contributed by atoms with Gasteiger partial charge in [-0.3, -0.25) is 4.79 Å². The first kappa shape index (κ1) is 20.6. The molecule has 0 spiro atoms. The quantitative estimate of drug-likeness (QED) is 0.455. The Morgan fingerprint density at radius 3 is 2.53 bits per heavy atom. The molecule has 0 unspecified atom stereocenters. The standard InChI is InChI=1S/C24H26N6OS/c1-2-30-23(20-16-25-21-11-7-6-10-19(20)21)26-27-24(30)32-17-22(31)29-14-12-28(13-15-29)18-8-4-3-5-9-18/h3-11,16,25H,2,12-15,17H2,1H3. The topological polar surface area (TPSA) is 70.1 Å². The minimum atomic E-state index is 0.155. The number of benzene rings is 2. The Morgan fingerprint density at radius 2 is 1.75 bits per heavy atom. The van der Waals surface area contributed by atoms with Crippen LogP contribution in [-0.4, -0.2) is 62.5 Å². The SMILES string of the molecule is CCn1c(SCC(=O)N2CCN(c3ccccc3)CC2)nnc1-c1c[nH]c2ccccc12. The number of para-hydroxylation sites is 2. The normalized spacial score (nSPS) is 14.3. The maximum Gasteiger partial charge on any atom is 0.233 e. The number of H-pyrrole nitrogens is 1. The molecule has 0 atom stereocenters. The molecule has 1 aliphatic heterocycles. The minimum absolute atomic E-state index is 0.155. The highest BCUT2D eigenvalue weighted by atomic mass is 32.2. The number of carbonyl (C=O) groups excluding carboxylic acids is 1. The van der Waals surface area contributed by atoms with Gasteiger partial charge in [-0.25, -0.2) is 0 Å². The van der Waals surface area contributed by atoms with Crippen molar-refractivity contribution < 1.29 is 4.79 Å². The van der Waals surface area contributed by atoms with Crippen molar-refractivity contribution in [1.82, 2.24) is 24.6 Å². The van der Waals surface area contributed by atoms with Crippen LogP contribution in [0, 0.1) is 0 Å². The van der Waals surface area contributed by atoms with Crippen LogP contribution in [-0.2, 0) is 11.3 Å². The third-order valence-electron chi connectivity index (χ3n) is 5.94. The molecule has 0 bridgehead atoms. The van der Waals surface area contributed by atoms with Gasteiger partial charge in [0.2, 0.25) is 5.91 Å². The smallest absolute Gasteiger partial charge is 0.233 e. The molecule has 0 saturated carbocycles. The summed E-state index contributed by atoms with van der Waals surface area (Å²) in [6.45, 7) is 6.03. The maximum absolute atomic E-state index is 12.8. The summed E-state index contributed by atoms with van der Waals surface area (Å²) >= 11 is 1.47. The van der Waals surface area contributed by atoms with Crippen LogP contribution in [0.15, 0.2) is 66.0 Å². The van der Waals surface area contributed by atoms with E-state index in [4.69, 9.17) is 0 Å². The zero-order chi connectivity index (χ0) is 21.9. The van der Waals surface area contributed by atoms with Gasteiger partial charge in [0.05, 0.1) is 5.75 Å². The van der Waals surface area contributed by atoms with Crippen molar-refractivity contribution in [3.8, 4) is 11.4 Å². The van der Waals surface area contributed by atoms with Crippen molar-refractivity contribution >= 4 is 34.3 Å². The largest absolute Gasteiger partial charge is 0.368 e. The summed E-state index contributed by atoms with van der Waals surface area (Å²) in [5, 5.41) is 10.8. The van der Waals surface area contributed by atoms with Crippen LogP contribution in [0.3, 0.4) is 0 Å². The number of carbonyl (C=O) groups is 1. The lowest BCUT2D eigenvalue weighted by molar-refractivity contribution is -0.128. The van der Waals surface area contributed by atoms with E-state index < -0.39 is 0 Å². The number of nitrogens with zero attached hydrogens (tertiary/aromatic N) is 5. The van der Waals surface area contributed by atoms with E-state index in [0.717, 1.165) is 60.2 Å². The molecule has 1 aliphatic rings. The second-order valence-corrected chi connectivity index (χ2v) is 8.73. The molecule has 3 heterocycles. The van der Waals surface area contributed by atoms with Crippen molar-refractivity contribution in [2.24, 2.45) is 0 Å². The maximum atomic E-state index is 12.8. The number of thioether (sulfide) groups is 1. The summed E-state index contributed by atoms with van der Waals surface area (Å²) in [5.74, 6) is 1.36. The molecule has 1 N–H and O–H groups in total. The molecule has 0 radical (unpaired) electrons. The number of aromatic amines is 1. The first-order valence-corrected chi connectivity index (χ1v) is 11.9. The van der Waals surface area contributed by atoms with Gasteiger partial charge < -0.3 is 19.4 Å². The van der Waals surface area contributed by atoms with Gasteiger partial charge in [0, 0.05) is 61.1 Å². The first-order chi connectivity index (χ1) is 15.7. The number of rotatable bonds is 6. The lowest BCUT2D eigenvalue weighted by Gasteiger charge is -2.36. The van der Waals surface area contributed by atoms with Crippen molar-refractivity contribution in [2.75, 3.05) is 36.8 Å². The van der Waals surface area contributed by atoms with E-state index in [-0.39, 0.29) is 5.91 Å². The van der Waals surface area contributed by atoms with Gasteiger partial charge in [-0.2, -0.15) is 0 Å². The Hall–Kier alpha value is -3.26. The van der Waals surface area contributed by atoms with Crippen LogP contribution >= 0.6 is 11.8 Å². The zero-order valence-corrected chi connectivity index (χ0v) is 18.9. The third-order valence-corrected chi connectivity index (χ3v) is 6.89. The van der Waals surface area contributed by atoms with Crippen LogP contribution in [0.1, 0.15) is 6.92 Å². The van der Waals surface area contributed by atoms with Gasteiger partial charge in [0.25, 0.3) is 0 Å². The summed E-state index contributed by atoms with van der Waals surface area (Å²) in [5.41, 5.74) is 3.33. The van der Waals surface area contributed by atoms with Crippen LogP contribution in [0.25, 0.3) is 22.3 Å². The molecule has 32 heavy (non-hydrogen) atoms. The highest BCUT2D eigenvalue weighted by molar-refractivity contribution is 7.99. The molecule has 7 nitrogen and oxygen atoms in total. The Balaban J connectivity index is 1.23. The number of anilines is 1. The van der Waals surface area contributed by atoms with E-state index in [9.17, 15) is 4.79 Å². The van der Waals surface area contributed by atoms with E-state index in [1.165, 1.54) is 17.4 Å². The molecule has 5 rings (SSSR count). The molecule has 1 fully saturated rings. The van der Waals surface area contributed by atoms with Gasteiger partial charge in [-0.05, 0) is 25.1 Å². The third kappa shape index (κ3) is 3.98. The monoisotopic (exact) mass is 446 g/mol. The van der Waals surface area contributed by atoms with Crippen LogP contribution in [0.4, 0.5) is 5.69 Å². The van der Waals surface area contributed by atoms with E-state index in [0.29, 0.717) is 5.75 Å². The van der Waals surface area contributed by atoms with Gasteiger partial charge in [-0.1, -0.05) is 48.2 Å². The minimum Gasteiger partial charge on any atom is -0.368 e. The van der Waals surface area contributed by atoms with Crippen molar-refractivity contribution in [3.63, 3.8) is 0 Å². The molecule has 4 aromatic rings. The number of hydrogen-bond acceptors (Lipinski definition) is 5. The number of piperazine rings is 1. The average molecular weight is 447 g/mol. The Kier molecular flexibility index (Phi) is 5.85. The van der Waals surface area contributed by atoms with E-state index in [2.05, 4.69) is 68.0 Å². The average Bonchev–Trinajstić information content (AvgIpc) is 3.46. The van der Waals surface area contributed by atoms with Crippen molar-refractivity contribution in [1.29, 1.82) is 0 Å². The molecular weight excluding hydrogens is 420 g/mol. The van der Waals surface area contributed by atoms with E-state index in [1.807, 2.05) is 29.3 Å². The van der Waals surface area contributed by atoms with E-state index in [1.54, 1.807) is 0 Å². The number of hydrogen-bond donors (Lipinski definition) is 1. The van der Waals surface area contributed by atoms with Crippen molar-refractivity contribution in [3.05, 3.63) is 60.8 Å². The van der Waals surface area contributed by atoms with Crippen LogP contribution in [0.2, 0.25) is 0 Å². The highest BCUT2D eigenvalue weighted by Crippen LogP contribution is 2.30. The Labute approximate surface area is 191 Å². The van der Waals surface area contributed by atoms with Gasteiger partial charge in [-0.15, -0.1) is 10.2 Å². The summed E-state index contributed by atoms with van der Waals surface area (Å²) in [6.07, 6.45) is 1.98. The van der Waals surface area contributed by atoms with Crippen molar-refractivity contribution in [2.45, 2.75) is 18.6 Å². The van der Waals surface area contributed by atoms with Gasteiger partial charge in [0.1, 0.15) is 0 Å². The molecule has 2 aromatic heterocycles. The summed E-state index contributed by atoms with van der Waals surface area (Å²) in [6, 6.07) is 18.6. The fourth-order valence-corrected chi connectivity index (χ4v) is 5.11. The second-order valence-electron chi connectivity index (χ2n) is 7.79. The van der Waals surface area contributed by atoms with Gasteiger partial charge in [0.15, 0.2) is 11.0 Å². The zero-order valence-electron chi connectivity index (χ0n) is 18.1. The fraction of sp³-hybridized carbons (Fsp3) is 0.292. The number of aromatic nitrogens is 4. The molecule has 164 valence electrons. The Morgan fingerprint density at radius 1 is 1.00 bits per heavy atom. The molecular formula is C24H26N6OS. The summed E-state index contributed by atoms with van der Waals surface area (Å²) in [7, 11) is 0. The van der Waals surface area contributed by atoms with E-state index >= 15 is 0 Å². The predicted octanol–water partition coefficient (Wildman–Crippen LogP) is 3.89. The molecule has 0 aliphatic carbocycles. The number of nitrogens with one attached hydrogen (secondary N) is 1. The highest BCUT2D eigenvalue weighted by Gasteiger charge is 2.23.